The number of hydrogen-bond acceptors (Lipinski definition) is 6. The predicted octanol–water partition coefficient (Wildman–Crippen LogP) is 3.44. The van der Waals surface area contributed by atoms with Crippen LogP contribution in [0, 0.1) is 0 Å². The molecule has 3 aromatic rings. The molecule has 0 aliphatic carbocycles. The standard InChI is InChI=1S/C19H16O6/c1-3-6-24-17-7-11(4-5-15(17)23-2)16-10-14(22)19-13(21)8-12(20)9-18(19)25-16/h3-5,7-10,20-21H,1,6H2,2H3. The van der Waals surface area contributed by atoms with Gasteiger partial charge in [0.1, 0.15) is 34.8 Å². The summed E-state index contributed by atoms with van der Waals surface area (Å²) in [5, 5.41) is 19.5. The van der Waals surface area contributed by atoms with E-state index in [2.05, 4.69) is 6.58 Å². The van der Waals surface area contributed by atoms with Crippen LogP contribution in [-0.2, 0) is 0 Å². The van der Waals surface area contributed by atoms with E-state index in [0.29, 0.717) is 23.7 Å². The molecule has 0 aliphatic heterocycles. The van der Waals surface area contributed by atoms with Crippen molar-refractivity contribution in [1.82, 2.24) is 0 Å². The van der Waals surface area contributed by atoms with E-state index in [-0.39, 0.29) is 28.2 Å². The first-order valence-electron chi connectivity index (χ1n) is 7.45. The first kappa shape index (κ1) is 16.4. The van der Waals surface area contributed by atoms with Crippen LogP contribution in [0.1, 0.15) is 0 Å². The van der Waals surface area contributed by atoms with Crippen molar-refractivity contribution in [2.24, 2.45) is 0 Å². The van der Waals surface area contributed by atoms with E-state index in [1.165, 1.54) is 19.2 Å². The van der Waals surface area contributed by atoms with E-state index < -0.39 is 5.43 Å². The molecular weight excluding hydrogens is 324 g/mol. The molecule has 6 heteroatoms. The number of phenols is 2. The highest BCUT2D eigenvalue weighted by atomic mass is 16.5. The van der Waals surface area contributed by atoms with Crippen molar-refractivity contribution in [1.29, 1.82) is 0 Å². The van der Waals surface area contributed by atoms with Gasteiger partial charge in [0, 0.05) is 23.8 Å². The van der Waals surface area contributed by atoms with Gasteiger partial charge in [-0.25, -0.2) is 0 Å². The number of benzene rings is 2. The van der Waals surface area contributed by atoms with Crippen LogP contribution in [0.2, 0.25) is 0 Å². The number of fused-ring (bicyclic) bond motifs is 1. The number of phenolic OH excluding ortho intramolecular Hbond substituents is 2. The molecule has 0 saturated heterocycles. The van der Waals surface area contributed by atoms with Crippen molar-refractivity contribution in [2.75, 3.05) is 13.7 Å². The van der Waals surface area contributed by atoms with Crippen molar-refractivity contribution >= 4 is 11.0 Å². The largest absolute Gasteiger partial charge is 0.508 e. The van der Waals surface area contributed by atoms with Crippen molar-refractivity contribution in [3.05, 3.63) is 59.3 Å². The van der Waals surface area contributed by atoms with Gasteiger partial charge in [-0.1, -0.05) is 12.7 Å². The Kier molecular flexibility index (Phi) is 4.35. The zero-order chi connectivity index (χ0) is 18.0. The third-order valence-corrected chi connectivity index (χ3v) is 3.60. The van der Waals surface area contributed by atoms with Gasteiger partial charge in [0.25, 0.3) is 0 Å². The monoisotopic (exact) mass is 340 g/mol. The second kappa shape index (κ2) is 6.60. The molecule has 6 nitrogen and oxygen atoms in total. The predicted molar refractivity (Wildman–Crippen MR) is 93.5 cm³/mol. The molecule has 0 aliphatic rings. The SMILES string of the molecule is C=CCOc1cc(-c2cc(=O)c3c(O)cc(O)cc3o2)ccc1OC. The molecular formula is C19H16O6. The average molecular weight is 340 g/mol. The number of aromatic hydroxyl groups is 2. The van der Waals surface area contributed by atoms with Crippen molar-refractivity contribution in [2.45, 2.75) is 0 Å². The normalized spacial score (nSPS) is 10.6. The fourth-order valence-corrected chi connectivity index (χ4v) is 2.49. The highest BCUT2D eigenvalue weighted by Gasteiger charge is 2.14. The second-order valence-corrected chi connectivity index (χ2v) is 5.28. The number of ether oxygens (including phenoxy) is 2. The van der Waals surface area contributed by atoms with Gasteiger partial charge in [-0.15, -0.1) is 0 Å². The van der Waals surface area contributed by atoms with Crippen molar-refractivity contribution in [3.8, 4) is 34.3 Å². The van der Waals surface area contributed by atoms with Gasteiger partial charge in [-0.05, 0) is 18.2 Å². The Balaban J connectivity index is 2.16. The van der Waals surface area contributed by atoms with Crippen LogP contribution in [0.15, 0.2) is 58.3 Å². The summed E-state index contributed by atoms with van der Waals surface area (Å²) in [5.41, 5.74) is 0.254. The molecule has 1 aromatic heterocycles. The van der Waals surface area contributed by atoms with Gasteiger partial charge < -0.3 is 24.1 Å². The first-order valence-corrected chi connectivity index (χ1v) is 7.45. The summed E-state index contributed by atoms with van der Waals surface area (Å²) in [6.45, 7) is 3.90. The van der Waals surface area contributed by atoms with Crippen LogP contribution in [0.3, 0.4) is 0 Å². The highest BCUT2D eigenvalue weighted by molar-refractivity contribution is 5.86. The number of methoxy groups -OCH3 is 1. The van der Waals surface area contributed by atoms with Crippen molar-refractivity contribution in [3.63, 3.8) is 0 Å². The van der Waals surface area contributed by atoms with E-state index >= 15 is 0 Å². The zero-order valence-electron chi connectivity index (χ0n) is 13.5. The van der Waals surface area contributed by atoms with E-state index in [4.69, 9.17) is 13.9 Å². The van der Waals surface area contributed by atoms with Gasteiger partial charge in [0.2, 0.25) is 0 Å². The Morgan fingerprint density at radius 1 is 1.16 bits per heavy atom. The molecule has 2 N–H and O–H groups in total. The Hall–Kier alpha value is -3.41. The van der Waals surface area contributed by atoms with Crippen LogP contribution in [-0.4, -0.2) is 23.9 Å². The molecule has 2 aromatic carbocycles. The molecule has 0 spiro atoms. The lowest BCUT2D eigenvalue weighted by Crippen LogP contribution is -2.01. The maximum Gasteiger partial charge on any atom is 0.197 e. The summed E-state index contributed by atoms with van der Waals surface area (Å²) in [5.74, 6) is 0.745. The van der Waals surface area contributed by atoms with E-state index in [0.717, 1.165) is 6.07 Å². The molecule has 128 valence electrons. The van der Waals surface area contributed by atoms with E-state index in [1.54, 1.807) is 24.3 Å². The molecule has 0 unspecified atom stereocenters. The second-order valence-electron chi connectivity index (χ2n) is 5.28. The lowest BCUT2D eigenvalue weighted by atomic mass is 10.1. The maximum absolute atomic E-state index is 12.3. The third kappa shape index (κ3) is 3.14. The molecule has 0 atom stereocenters. The average Bonchev–Trinajstić information content (AvgIpc) is 2.58. The quantitative estimate of drug-likeness (QED) is 0.692. The summed E-state index contributed by atoms with van der Waals surface area (Å²) < 4.78 is 16.5. The summed E-state index contributed by atoms with van der Waals surface area (Å²) in [7, 11) is 1.53. The first-order chi connectivity index (χ1) is 12.0. The van der Waals surface area contributed by atoms with Crippen LogP contribution < -0.4 is 14.9 Å². The summed E-state index contributed by atoms with van der Waals surface area (Å²) in [6.07, 6.45) is 1.60. The van der Waals surface area contributed by atoms with E-state index in [1.807, 2.05) is 0 Å². The van der Waals surface area contributed by atoms with E-state index in [9.17, 15) is 15.0 Å². The van der Waals surface area contributed by atoms with Gasteiger partial charge in [-0.3, -0.25) is 4.79 Å². The van der Waals surface area contributed by atoms with Gasteiger partial charge in [0.15, 0.2) is 16.9 Å². The molecule has 0 amide bonds. The third-order valence-electron chi connectivity index (χ3n) is 3.60. The van der Waals surface area contributed by atoms with Gasteiger partial charge in [-0.2, -0.15) is 0 Å². The van der Waals surface area contributed by atoms with Gasteiger partial charge >= 0.3 is 0 Å². The van der Waals surface area contributed by atoms with Crippen LogP contribution in [0.5, 0.6) is 23.0 Å². The molecule has 0 bridgehead atoms. The molecule has 0 fully saturated rings. The molecule has 25 heavy (non-hydrogen) atoms. The van der Waals surface area contributed by atoms with Gasteiger partial charge in [0.05, 0.1) is 7.11 Å². The number of rotatable bonds is 5. The van der Waals surface area contributed by atoms with Crippen molar-refractivity contribution < 1.29 is 24.1 Å². The number of hydrogen-bond donors (Lipinski definition) is 2. The van der Waals surface area contributed by atoms with Crippen LogP contribution in [0.25, 0.3) is 22.3 Å². The minimum Gasteiger partial charge on any atom is -0.508 e. The summed E-state index contributed by atoms with van der Waals surface area (Å²) in [4.78, 5) is 12.3. The maximum atomic E-state index is 12.3. The topological polar surface area (TPSA) is 89.1 Å². The molecule has 3 rings (SSSR count). The highest BCUT2D eigenvalue weighted by Crippen LogP contribution is 2.34. The minimum atomic E-state index is -0.418. The molecule has 1 heterocycles. The smallest absolute Gasteiger partial charge is 0.197 e. The Bertz CT molecular complexity index is 1000. The summed E-state index contributed by atoms with van der Waals surface area (Å²) >= 11 is 0. The summed E-state index contributed by atoms with van der Waals surface area (Å²) in [6, 6.07) is 8.73. The Labute approximate surface area is 143 Å². The Morgan fingerprint density at radius 3 is 2.68 bits per heavy atom. The fourth-order valence-electron chi connectivity index (χ4n) is 2.49. The van der Waals surface area contributed by atoms with Crippen LogP contribution in [0.4, 0.5) is 0 Å². The molecule has 0 radical (unpaired) electrons. The Morgan fingerprint density at radius 2 is 1.96 bits per heavy atom. The zero-order valence-corrected chi connectivity index (χ0v) is 13.5. The fraction of sp³-hybridized carbons (Fsp3) is 0.105. The lowest BCUT2D eigenvalue weighted by Gasteiger charge is -2.11. The van der Waals surface area contributed by atoms with Crippen LogP contribution >= 0.6 is 0 Å². The minimum absolute atomic E-state index is 0.0122. The lowest BCUT2D eigenvalue weighted by molar-refractivity contribution is 0.326. The molecule has 0 saturated carbocycles.